The van der Waals surface area contributed by atoms with Gasteiger partial charge in [0.25, 0.3) is 0 Å². The standard InChI is InChI=1S/C14H19BrO3/c1-3-14(2,18)9-11(13(16)17)8-10-6-4-5-7-12(10)15/h4-7,11,18H,3,8-9H2,1-2H3,(H,16,17). The molecule has 0 amide bonds. The molecule has 0 aromatic heterocycles. The highest BCUT2D eigenvalue weighted by molar-refractivity contribution is 9.10. The second-order valence-electron chi connectivity index (χ2n) is 4.89. The molecule has 4 heteroatoms. The van der Waals surface area contributed by atoms with Crippen LogP contribution < -0.4 is 0 Å². The van der Waals surface area contributed by atoms with E-state index < -0.39 is 17.5 Å². The van der Waals surface area contributed by atoms with Crippen LogP contribution in [0.2, 0.25) is 0 Å². The van der Waals surface area contributed by atoms with Gasteiger partial charge in [0.1, 0.15) is 0 Å². The van der Waals surface area contributed by atoms with Crippen molar-refractivity contribution >= 4 is 21.9 Å². The van der Waals surface area contributed by atoms with Crippen molar-refractivity contribution in [2.45, 2.75) is 38.7 Å². The number of aliphatic carboxylic acids is 1. The van der Waals surface area contributed by atoms with Gasteiger partial charge in [0, 0.05) is 4.47 Å². The number of aliphatic hydroxyl groups is 1. The number of benzene rings is 1. The highest BCUT2D eigenvalue weighted by Gasteiger charge is 2.28. The zero-order chi connectivity index (χ0) is 13.8. The summed E-state index contributed by atoms with van der Waals surface area (Å²) in [6, 6.07) is 7.58. The Bertz CT molecular complexity index is 415. The van der Waals surface area contributed by atoms with E-state index in [0.717, 1.165) is 10.0 Å². The minimum atomic E-state index is -0.926. The van der Waals surface area contributed by atoms with Crippen molar-refractivity contribution in [2.75, 3.05) is 0 Å². The highest BCUT2D eigenvalue weighted by atomic mass is 79.9. The molecule has 2 atom stereocenters. The van der Waals surface area contributed by atoms with Crippen LogP contribution in [-0.2, 0) is 11.2 Å². The average molecular weight is 315 g/mol. The predicted octanol–water partition coefficient (Wildman–Crippen LogP) is 3.24. The smallest absolute Gasteiger partial charge is 0.306 e. The Balaban J connectivity index is 2.82. The van der Waals surface area contributed by atoms with Crippen molar-refractivity contribution in [3.8, 4) is 0 Å². The highest BCUT2D eigenvalue weighted by Crippen LogP contribution is 2.26. The van der Waals surface area contributed by atoms with Gasteiger partial charge in [-0.25, -0.2) is 0 Å². The van der Waals surface area contributed by atoms with Crippen LogP contribution in [0.15, 0.2) is 28.7 Å². The van der Waals surface area contributed by atoms with Gasteiger partial charge in [-0.1, -0.05) is 41.1 Å². The van der Waals surface area contributed by atoms with Crippen LogP contribution in [0.5, 0.6) is 0 Å². The fraction of sp³-hybridized carbons (Fsp3) is 0.500. The van der Waals surface area contributed by atoms with Gasteiger partial charge in [0.2, 0.25) is 0 Å². The first-order valence-corrected chi connectivity index (χ1v) is 6.83. The Morgan fingerprint density at radius 2 is 2.06 bits per heavy atom. The van der Waals surface area contributed by atoms with Crippen molar-refractivity contribution in [1.82, 2.24) is 0 Å². The molecule has 0 aliphatic rings. The van der Waals surface area contributed by atoms with Crippen molar-refractivity contribution in [1.29, 1.82) is 0 Å². The lowest BCUT2D eigenvalue weighted by molar-refractivity contribution is -0.144. The minimum Gasteiger partial charge on any atom is -0.481 e. The molecule has 0 saturated heterocycles. The van der Waals surface area contributed by atoms with Gasteiger partial charge in [0.15, 0.2) is 0 Å². The molecule has 0 heterocycles. The molecule has 3 nitrogen and oxygen atoms in total. The maximum absolute atomic E-state index is 11.3. The summed E-state index contributed by atoms with van der Waals surface area (Å²) >= 11 is 3.42. The summed E-state index contributed by atoms with van der Waals surface area (Å²) in [5, 5.41) is 19.3. The molecular formula is C14H19BrO3. The normalized spacial score (nSPS) is 16.0. The van der Waals surface area contributed by atoms with Gasteiger partial charge in [0.05, 0.1) is 11.5 Å². The third-order valence-electron chi connectivity index (χ3n) is 3.22. The molecule has 0 aliphatic heterocycles. The fourth-order valence-corrected chi connectivity index (χ4v) is 2.30. The maximum Gasteiger partial charge on any atom is 0.306 e. The Kier molecular flexibility index (Phi) is 5.35. The summed E-state index contributed by atoms with van der Waals surface area (Å²) in [5.74, 6) is -1.43. The molecule has 0 spiro atoms. The molecule has 0 aliphatic carbocycles. The Morgan fingerprint density at radius 1 is 1.44 bits per heavy atom. The van der Waals surface area contributed by atoms with E-state index in [9.17, 15) is 15.0 Å². The van der Waals surface area contributed by atoms with E-state index in [4.69, 9.17) is 0 Å². The van der Waals surface area contributed by atoms with Crippen LogP contribution in [0.25, 0.3) is 0 Å². The molecule has 2 N–H and O–H groups in total. The largest absolute Gasteiger partial charge is 0.481 e. The summed E-state index contributed by atoms with van der Waals surface area (Å²) in [7, 11) is 0. The molecule has 1 rings (SSSR count). The Morgan fingerprint density at radius 3 is 2.56 bits per heavy atom. The average Bonchev–Trinajstić information content (AvgIpc) is 2.30. The number of hydrogen-bond donors (Lipinski definition) is 2. The monoisotopic (exact) mass is 314 g/mol. The molecule has 18 heavy (non-hydrogen) atoms. The van der Waals surface area contributed by atoms with Crippen LogP contribution in [0.1, 0.15) is 32.3 Å². The number of halogens is 1. The summed E-state index contributed by atoms with van der Waals surface area (Å²) in [4.78, 5) is 11.3. The van der Waals surface area contributed by atoms with Gasteiger partial charge in [-0.05, 0) is 37.8 Å². The van der Waals surface area contributed by atoms with E-state index in [0.29, 0.717) is 12.8 Å². The van der Waals surface area contributed by atoms with Crippen LogP contribution in [0.3, 0.4) is 0 Å². The zero-order valence-electron chi connectivity index (χ0n) is 10.7. The summed E-state index contributed by atoms with van der Waals surface area (Å²) in [6.45, 7) is 3.54. The first-order valence-electron chi connectivity index (χ1n) is 6.04. The molecule has 1 aromatic rings. The number of carboxylic acid groups (broad SMARTS) is 1. The number of carboxylic acids is 1. The SMILES string of the molecule is CCC(C)(O)CC(Cc1ccccc1Br)C(=O)O. The van der Waals surface area contributed by atoms with Crippen molar-refractivity contribution in [3.05, 3.63) is 34.3 Å². The topological polar surface area (TPSA) is 57.5 Å². The van der Waals surface area contributed by atoms with Gasteiger partial charge in [-0.3, -0.25) is 4.79 Å². The zero-order valence-corrected chi connectivity index (χ0v) is 12.3. The van der Waals surface area contributed by atoms with Crippen LogP contribution in [0, 0.1) is 5.92 Å². The molecule has 100 valence electrons. The predicted molar refractivity (Wildman–Crippen MR) is 74.5 cm³/mol. The first-order chi connectivity index (χ1) is 8.35. The molecule has 2 unspecified atom stereocenters. The summed E-state index contributed by atoms with van der Waals surface area (Å²) < 4.78 is 0.910. The third kappa shape index (κ3) is 4.42. The second-order valence-corrected chi connectivity index (χ2v) is 5.74. The minimum absolute atomic E-state index is 0.264. The third-order valence-corrected chi connectivity index (χ3v) is 3.99. The lowest BCUT2D eigenvalue weighted by atomic mass is 9.86. The molecule has 0 bridgehead atoms. The Hall–Kier alpha value is -0.870. The van der Waals surface area contributed by atoms with Crippen LogP contribution in [-0.4, -0.2) is 21.8 Å². The molecular weight excluding hydrogens is 296 g/mol. The van der Waals surface area contributed by atoms with Gasteiger partial charge in [-0.15, -0.1) is 0 Å². The van der Waals surface area contributed by atoms with Gasteiger partial charge >= 0.3 is 5.97 Å². The molecule has 0 radical (unpaired) electrons. The van der Waals surface area contributed by atoms with Crippen molar-refractivity contribution in [3.63, 3.8) is 0 Å². The van der Waals surface area contributed by atoms with Crippen molar-refractivity contribution < 1.29 is 15.0 Å². The summed E-state index contributed by atoms with van der Waals surface area (Å²) in [6.07, 6.45) is 1.24. The molecule has 0 fully saturated rings. The number of carbonyl (C=O) groups is 1. The van der Waals surface area contributed by atoms with E-state index >= 15 is 0 Å². The number of rotatable bonds is 6. The lowest BCUT2D eigenvalue weighted by Crippen LogP contribution is -2.31. The van der Waals surface area contributed by atoms with Crippen LogP contribution in [0.4, 0.5) is 0 Å². The maximum atomic E-state index is 11.3. The Labute approximate surface area is 116 Å². The molecule has 1 aromatic carbocycles. The summed E-state index contributed by atoms with van der Waals surface area (Å²) in [5.41, 5.74) is 0.0291. The van der Waals surface area contributed by atoms with Gasteiger partial charge < -0.3 is 10.2 Å². The van der Waals surface area contributed by atoms with E-state index in [1.807, 2.05) is 31.2 Å². The first kappa shape index (κ1) is 15.2. The van der Waals surface area contributed by atoms with E-state index in [1.165, 1.54) is 0 Å². The van der Waals surface area contributed by atoms with Crippen LogP contribution >= 0.6 is 15.9 Å². The van der Waals surface area contributed by atoms with Crippen molar-refractivity contribution in [2.24, 2.45) is 5.92 Å². The number of hydrogen-bond acceptors (Lipinski definition) is 2. The quantitative estimate of drug-likeness (QED) is 0.847. The lowest BCUT2D eigenvalue weighted by Gasteiger charge is -2.25. The van der Waals surface area contributed by atoms with Gasteiger partial charge in [-0.2, -0.15) is 0 Å². The molecule has 0 saturated carbocycles. The second kappa shape index (κ2) is 6.34. The fourth-order valence-electron chi connectivity index (χ4n) is 1.85. The van der Waals surface area contributed by atoms with E-state index in [2.05, 4.69) is 15.9 Å². The van der Waals surface area contributed by atoms with E-state index in [1.54, 1.807) is 6.92 Å². The van der Waals surface area contributed by atoms with E-state index in [-0.39, 0.29) is 6.42 Å².